The Balaban J connectivity index is 1.09. The molecule has 0 N–H and O–H groups in total. The molecule has 5 atom stereocenters. The molecule has 0 unspecified atom stereocenters. The first-order valence-corrected chi connectivity index (χ1v) is 18.2. The highest BCUT2D eigenvalue weighted by molar-refractivity contribution is 5.70. The Hall–Kier alpha value is -4.04. The quantitative estimate of drug-likeness (QED) is 0.188. The van der Waals surface area contributed by atoms with E-state index in [1.54, 1.807) is 4.90 Å². The summed E-state index contributed by atoms with van der Waals surface area (Å²) in [6, 6.07) is 18.1. The highest BCUT2D eigenvalue weighted by atomic mass is 19.4. The van der Waals surface area contributed by atoms with Crippen molar-refractivity contribution in [2.75, 3.05) is 33.1 Å². The summed E-state index contributed by atoms with van der Waals surface area (Å²) in [6.07, 6.45) is -4.70. The van der Waals surface area contributed by atoms with Crippen LogP contribution >= 0.6 is 0 Å². The van der Waals surface area contributed by atoms with Crippen molar-refractivity contribution in [1.82, 2.24) is 9.80 Å². The lowest BCUT2D eigenvalue weighted by molar-refractivity contribution is -0.137. The molecule has 0 spiro atoms. The molecular formula is C40H47F3N2O8. The molecule has 0 saturated carbocycles. The number of hydrogen-bond acceptors (Lipinski definition) is 9. The Kier molecular flexibility index (Phi) is 10.8. The van der Waals surface area contributed by atoms with E-state index in [4.69, 9.17) is 33.2 Å². The summed E-state index contributed by atoms with van der Waals surface area (Å²) < 4.78 is 80.4. The number of rotatable bonds is 12. The van der Waals surface area contributed by atoms with E-state index in [9.17, 15) is 18.0 Å². The van der Waals surface area contributed by atoms with Crippen molar-refractivity contribution < 1.29 is 51.1 Å². The fourth-order valence-corrected chi connectivity index (χ4v) is 7.73. The Labute approximate surface area is 308 Å². The van der Waals surface area contributed by atoms with Crippen LogP contribution in [0.25, 0.3) is 0 Å². The van der Waals surface area contributed by atoms with Crippen molar-refractivity contribution >= 4 is 6.09 Å². The molecule has 0 bridgehead atoms. The molecule has 13 heteroatoms. The van der Waals surface area contributed by atoms with Gasteiger partial charge in [-0.25, -0.2) is 4.79 Å². The minimum absolute atomic E-state index is 0.00168. The summed E-state index contributed by atoms with van der Waals surface area (Å²) in [7, 11) is 0. The maximum Gasteiger partial charge on any atom is 0.416 e. The van der Waals surface area contributed by atoms with Gasteiger partial charge in [-0.05, 0) is 85.7 Å². The maximum absolute atomic E-state index is 14.2. The van der Waals surface area contributed by atoms with Gasteiger partial charge in [0.25, 0.3) is 0 Å². The largest absolute Gasteiger partial charge is 0.489 e. The summed E-state index contributed by atoms with van der Waals surface area (Å²) in [5.41, 5.74) is 1.00. The summed E-state index contributed by atoms with van der Waals surface area (Å²) in [6.45, 7) is 11.4. The fourth-order valence-electron chi connectivity index (χ4n) is 7.73. The zero-order chi connectivity index (χ0) is 37.3. The third-order valence-electron chi connectivity index (χ3n) is 10.2. The average Bonchev–Trinajstić information content (AvgIpc) is 3.89. The first-order chi connectivity index (χ1) is 25.3. The van der Waals surface area contributed by atoms with Crippen molar-refractivity contribution in [3.8, 4) is 17.2 Å². The Bertz CT molecular complexity index is 1720. The molecule has 7 rings (SSSR count). The Morgan fingerprint density at radius 3 is 2.42 bits per heavy atom. The fraction of sp³-hybridized carbons (Fsp3) is 0.525. The minimum Gasteiger partial charge on any atom is -0.489 e. The molecule has 3 fully saturated rings. The third kappa shape index (κ3) is 8.69. The molecule has 53 heavy (non-hydrogen) atoms. The lowest BCUT2D eigenvalue weighted by Gasteiger charge is -2.34. The van der Waals surface area contributed by atoms with Crippen LogP contribution in [-0.4, -0.2) is 79.3 Å². The number of alkyl halides is 3. The number of nitrogens with zero attached hydrogens (tertiary/aromatic N) is 2. The zero-order valence-electron chi connectivity index (χ0n) is 30.5. The number of carbonyl (C=O) groups excluding carboxylic acids is 1. The van der Waals surface area contributed by atoms with Gasteiger partial charge in [0, 0.05) is 19.6 Å². The monoisotopic (exact) mass is 740 g/mol. The van der Waals surface area contributed by atoms with Gasteiger partial charge in [-0.3, -0.25) is 9.80 Å². The Morgan fingerprint density at radius 2 is 1.68 bits per heavy atom. The van der Waals surface area contributed by atoms with Crippen LogP contribution in [0.2, 0.25) is 0 Å². The number of fused-ring (bicyclic) bond motifs is 2. The minimum atomic E-state index is -4.39. The Morgan fingerprint density at radius 1 is 0.962 bits per heavy atom. The first kappa shape index (κ1) is 37.3. The van der Waals surface area contributed by atoms with Crippen molar-refractivity contribution in [1.29, 1.82) is 0 Å². The smallest absolute Gasteiger partial charge is 0.416 e. The van der Waals surface area contributed by atoms with Gasteiger partial charge in [0.15, 0.2) is 17.8 Å². The molecule has 4 heterocycles. The van der Waals surface area contributed by atoms with Gasteiger partial charge in [-0.15, -0.1) is 0 Å². The van der Waals surface area contributed by atoms with Crippen molar-refractivity contribution in [2.45, 2.75) is 90.1 Å². The molecule has 10 nitrogen and oxygen atoms in total. The molecule has 4 aliphatic heterocycles. The van der Waals surface area contributed by atoms with E-state index in [2.05, 4.69) is 18.7 Å². The van der Waals surface area contributed by atoms with E-state index in [0.717, 1.165) is 47.7 Å². The summed E-state index contributed by atoms with van der Waals surface area (Å²) in [5, 5.41) is 0. The molecule has 1 amide bonds. The van der Waals surface area contributed by atoms with Crippen molar-refractivity contribution in [3.63, 3.8) is 0 Å². The predicted molar refractivity (Wildman–Crippen MR) is 187 cm³/mol. The molecular weight excluding hydrogens is 693 g/mol. The first-order valence-electron chi connectivity index (χ1n) is 18.2. The van der Waals surface area contributed by atoms with Crippen LogP contribution in [0.5, 0.6) is 17.2 Å². The van der Waals surface area contributed by atoms with Gasteiger partial charge >= 0.3 is 12.3 Å². The third-order valence-corrected chi connectivity index (χ3v) is 10.2. The standard InChI is InChI=1S/C40H47F3N2O8/c1-25(2)19-44(20-28-9-14-33-34(18-28)51-24-50-33)21-35-32(45(39(3,4)53-35)38(46)52-36-23-49-37-31(36)15-16-47-37)17-26-7-12-30(13-8-26)48-22-27-5-10-29(11-6-27)40(41,42)43/h5-14,18,25,31-32,35-37H,15-17,19-24H2,1-4H3/t31-,32-,35+,36-,37+/m0/s1. The van der Waals surface area contributed by atoms with E-state index in [1.807, 2.05) is 56.3 Å². The van der Waals surface area contributed by atoms with Gasteiger partial charge in [0.1, 0.15) is 24.2 Å². The molecule has 3 aromatic carbocycles. The van der Waals surface area contributed by atoms with Crippen LogP contribution in [0.4, 0.5) is 18.0 Å². The second-order valence-electron chi connectivity index (χ2n) is 15.1. The highest BCUT2D eigenvalue weighted by Gasteiger charge is 2.53. The molecule has 0 aromatic heterocycles. The van der Waals surface area contributed by atoms with E-state index >= 15 is 0 Å². The number of ether oxygens (including phenoxy) is 7. The number of amides is 1. The van der Waals surface area contributed by atoms with E-state index < -0.39 is 29.7 Å². The summed E-state index contributed by atoms with van der Waals surface area (Å²) >= 11 is 0. The van der Waals surface area contributed by atoms with Crippen LogP contribution < -0.4 is 14.2 Å². The van der Waals surface area contributed by atoms with Gasteiger partial charge in [-0.2, -0.15) is 13.2 Å². The molecule has 4 aliphatic rings. The predicted octanol–water partition coefficient (Wildman–Crippen LogP) is 7.42. The average molecular weight is 741 g/mol. The maximum atomic E-state index is 14.2. The molecule has 0 radical (unpaired) electrons. The van der Waals surface area contributed by atoms with Gasteiger partial charge in [0.05, 0.1) is 36.8 Å². The molecule has 3 aromatic rings. The normalized spacial score (nSPS) is 24.6. The van der Waals surface area contributed by atoms with Crippen LogP contribution in [0.3, 0.4) is 0 Å². The van der Waals surface area contributed by atoms with Crippen LogP contribution in [0.15, 0.2) is 66.7 Å². The zero-order valence-corrected chi connectivity index (χ0v) is 30.5. The second kappa shape index (κ2) is 15.4. The molecule has 3 saturated heterocycles. The topological polar surface area (TPSA) is 88.2 Å². The van der Waals surface area contributed by atoms with Crippen molar-refractivity contribution in [3.05, 3.63) is 89.0 Å². The van der Waals surface area contributed by atoms with Crippen molar-refractivity contribution in [2.24, 2.45) is 11.8 Å². The summed E-state index contributed by atoms with van der Waals surface area (Å²) in [5.74, 6) is 2.41. The van der Waals surface area contributed by atoms with E-state index in [1.165, 1.54) is 12.1 Å². The van der Waals surface area contributed by atoms with Crippen LogP contribution in [0, 0.1) is 11.8 Å². The van der Waals surface area contributed by atoms with Gasteiger partial charge in [-0.1, -0.05) is 44.2 Å². The van der Waals surface area contributed by atoms with Gasteiger partial charge in [0.2, 0.25) is 6.79 Å². The van der Waals surface area contributed by atoms with Crippen LogP contribution in [0.1, 0.15) is 56.4 Å². The molecule has 286 valence electrons. The lowest BCUT2D eigenvalue weighted by atomic mass is 9.99. The number of carbonyl (C=O) groups is 1. The van der Waals surface area contributed by atoms with Gasteiger partial charge < -0.3 is 33.2 Å². The van der Waals surface area contributed by atoms with E-state index in [0.29, 0.717) is 43.3 Å². The second-order valence-corrected chi connectivity index (χ2v) is 15.1. The number of benzene rings is 3. The number of halogens is 3. The SMILES string of the molecule is CC(C)CN(Cc1ccc2c(c1)OCO2)C[C@H]1OC(C)(C)N(C(=O)O[C@H]2CO[C@H]3OCC[C@H]32)[C@H]1Cc1ccc(OCc2ccc(C(F)(F)F)cc2)cc1. The van der Waals surface area contributed by atoms with E-state index in [-0.39, 0.29) is 44.4 Å². The number of hydrogen-bond donors (Lipinski definition) is 0. The van der Waals surface area contributed by atoms with Crippen LogP contribution in [-0.2, 0) is 44.7 Å². The molecule has 0 aliphatic carbocycles. The highest BCUT2D eigenvalue weighted by Crippen LogP contribution is 2.39. The lowest BCUT2D eigenvalue weighted by Crippen LogP contribution is -2.51. The summed E-state index contributed by atoms with van der Waals surface area (Å²) in [4.78, 5) is 18.3.